The molecule has 0 fully saturated rings. The maximum absolute atomic E-state index is 13.2. The van der Waals surface area contributed by atoms with Gasteiger partial charge in [0.15, 0.2) is 0 Å². The molecule has 2 heterocycles. The minimum atomic E-state index is -0.386. The van der Waals surface area contributed by atoms with Crippen LogP contribution in [0.5, 0.6) is 0 Å². The van der Waals surface area contributed by atoms with E-state index < -0.39 is 0 Å². The molecule has 0 aliphatic carbocycles. The average Bonchev–Trinajstić information content (AvgIpc) is 3.29. The summed E-state index contributed by atoms with van der Waals surface area (Å²) in [5, 5.41) is 5.07. The number of thiophene rings is 1. The summed E-state index contributed by atoms with van der Waals surface area (Å²) in [6.45, 7) is 4.05. The number of carbonyl (C=O) groups is 2. The van der Waals surface area contributed by atoms with Crippen LogP contribution in [0.1, 0.15) is 21.6 Å². The molecule has 146 valence electrons. The molecule has 0 atom stereocenters. The Kier molecular flexibility index (Phi) is 5.03. The van der Waals surface area contributed by atoms with Gasteiger partial charge in [-0.05, 0) is 54.6 Å². The van der Waals surface area contributed by atoms with Gasteiger partial charge in [-0.25, -0.2) is 4.39 Å². The van der Waals surface area contributed by atoms with Crippen LogP contribution < -0.4 is 5.32 Å². The van der Waals surface area contributed by atoms with Crippen LogP contribution >= 0.6 is 11.3 Å². The molecule has 0 bridgehead atoms. The number of carbonyl (C=O) groups excluding carboxylic acids is 2. The fourth-order valence-corrected chi connectivity index (χ4v) is 4.11. The number of hydrogen-bond donors (Lipinski definition) is 1. The Bertz CT molecular complexity index is 1120. The Morgan fingerprint density at radius 2 is 1.76 bits per heavy atom. The number of aryl methyl sites for hydroxylation is 2. The quantitative estimate of drug-likeness (QED) is 0.614. The molecule has 6 heteroatoms. The summed E-state index contributed by atoms with van der Waals surface area (Å²) in [5.74, 6) is -1.10. The van der Waals surface area contributed by atoms with Crippen molar-refractivity contribution in [3.05, 3.63) is 93.1 Å². The molecule has 4 nitrogen and oxygen atoms in total. The molecule has 2 aromatic carbocycles. The zero-order valence-electron chi connectivity index (χ0n) is 16.0. The number of amides is 2. The van der Waals surface area contributed by atoms with Gasteiger partial charge in [-0.2, -0.15) is 0 Å². The Labute approximate surface area is 172 Å². The number of imide groups is 1. The average molecular weight is 406 g/mol. The highest BCUT2D eigenvalue weighted by Gasteiger charge is 2.39. The molecule has 29 heavy (non-hydrogen) atoms. The summed E-state index contributed by atoms with van der Waals surface area (Å²) < 4.78 is 13.2. The number of hydrogen-bond acceptors (Lipinski definition) is 4. The summed E-state index contributed by atoms with van der Waals surface area (Å²) in [6, 6.07) is 15.4. The van der Waals surface area contributed by atoms with Crippen LogP contribution in [0.15, 0.2) is 65.7 Å². The highest BCUT2D eigenvalue weighted by molar-refractivity contribution is 7.11. The van der Waals surface area contributed by atoms with E-state index in [0.29, 0.717) is 11.1 Å². The number of anilines is 1. The number of halogens is 1. The van der Waals surface area contributed by atoms with Gasteiger partial charge in [0, 0.05) is 10.6 Å². The van der Waals surface area contributed by atoms with E-state index in [1.54, 1.807) is 12.1 Å². The van der Waals surface area contributed by atoms with Crippen LogP contribution in [0.3, 0.4) is 0 Å². The topological polar surface area (TPSA) is 49.4 Å². The van der Waals surface area contributed by atoms with Crippen molar-refractivity contribution in [1.82, 2.24) is 4.90 Å². The van der Waals surface area contributed by atoms with Gasteiger partial charge in [0.1, 0.15) is 11.5 Å². The lowest BCUT2D eigenvalue weighted by atomic mass is 10.1. The molecule has 4 rings (SSSR count). The number of benzene rings is 2. The highest BCUT2D eigenvalue weighted by atomic mass is 32.1. The summed E-state index contributed by atoms with van der Waals surface area (Å²) in [5.41, 5.74) is 4.21. The van der Waals surface area contributed by atoms with Gasteiger partial charge in [0.2, 0.25) is 0 Å². The molecule has 0 unspecified atom stereocenters. The largest absolute Gasteiger partial charge is 0.350 e. The normalized spacial score (nSPS) is 14.1. The second-order valence-electron chi connectivity index (χ2n) is 6.99. The minimum absolute atomic E-state index is 0.0882. The van der Waals surface area contributed by atoms with Crippen LogP contribution in [-0.4, -0.2) is 16.7 Å². The fraction of sp³-hybridized carbons (Fsp3) is 0.130. The molecule has 1 aliphatic rings. The van der Waals surface area contributed by atoms with Crippen molar-refractivity contribution in [2.45, 2.75) is 20.4 Å². The zero-order valence-corrected chi connectivity index (χ0v) is 16.8. The predicted molar refractivity (Wildman–Crippen MR) is 113 cm³/mol. The first-order valence-electron chi connectivity index (χ1n) is 9.17. The van der Waals surface area contributed by atoms with Crippen LogP contribution in [0.4, 0.5) is 10.1 Å². The van der Waals surface area contributed by atoms with Gasteiger partial charge in [-0.3, -0.25) is 14.5 Å². The van der Waals surface area contributed by atoms with E-state index >= 15 is 0 Å². The van der Waals surface area contributed by atoms with Gasteiger partial charge in [-0.1, -0.05) is 35.9 Å². The number of nitrogens with one attached hydrogen (secondary N) is 1. The predicted octanol–water partition coefficient (Wildman–Crippen LogP) is 4.90. The van der Waals surface area contributed by atoms with Crippen molar-refractivity contribution < 1.29 is 14.0 Å². The molecule has 2 amide bonds. The first-order chi connectivity index (χ1) is 13.9. The third-order valence-corrected chi connectivity index (χ3v) is 5.72. The van der Waals surface area contributed by atoms with Gasteiger partial charge in [0.25, 0.3) is 11.8 Å². The summed E-state index contributed by atoms with van der Waals surface area (Å²) in [7, 11) is 0. The standard InChI is InChI=1S/C23H19FN2O2S/c1-14-5-10-18(15(2)12-14)25-21-20(19-4-3-11-29-19)22(27)26(23(21)28)13-16-6-8-17(24)9-7-16/h3-12,25H,13H2,1-2H3. The van der Waals surface area contributed by atoms with Crippen LogP contribution in [0.2, 0.25) is 0 Å². The van der Waals surface area contributed by atoms with E-state index in [-0.39, 0.29) is 29.9 Å². The molecule has 1 N–H and O–H groups in total. The van der Waals surface area contributed by atoms with Crippen LogP contribution in [0.25, 0.3) is 5.57 Å². The zero-order chi connectivity index (χ0) is 20.5. The minimum Gasteiger partial charge on any atom is -0.350 e. The molecule has 0 radical (unpaired) electrons. The fourth-order valence-electron chi connectivity index (χ4n) is 3.35. The van der Waals surface area contributed by atoms with Crippen molar-refractivity contribution in [2.24, 2.45) is 0 Å². The van der Waals surface area contributed by atoms with E-state index in [9.17, 15) is 14.0 Å². The lowest BCUT2D eigenvalue weighted by Gasteiger charge is -2.16. The van der Waals surface area contributed by atoms with Crippen LogP contribution in [0, 0.1) is 19.7 Å². The molecule has 0 saturated carbocycles. The molecule has 1 aromatic heterocycles. The third kappa shape index (κ3) is 3.71. The van der Waals surface area contributed by atoms with Crippen molar-refractivity contribution in [1.29, 1.82) is 0 Å². The lowest BCUT2D eigenvalue weighted by molar-refractivity contribution is -0.137. The molecular formula is C23H19FN2O2S. The van der Waals surface area contributed by atoms with E-state index in [4.69, 9.17) is 0 Å². The number of rotatable bonds is 5. The van der Waals surface area contributed by atoms with Crippen LogP contribution in [-0.2, 0) is 16.1 Å². The molecule has 3 aromatic rings. The second-order valence-corrected chi connectivity index (χ2v) is 7.94. The Balaban J connectivity index is 1.71. The van der Waals surface area contributed by atoms with Gasteiger partial charge in [0.05, 0.1) is 12.1 Å². The van der Waals surface area contributed by atoms with Gasteiger partial charge >= 0.3 is 0 Å². The van der Waals surface area contributed by atoms with Crippen molar-refractivity contribution >= 4 is 34.4 Å². The molecule has 1 aliphatic heterocycles. The van der Waals surface area contributed by atoms with Crippen molar-refractivity contribution in [3.63, 3.8) is 0 Å². The maximum Gasteiger partial charge on any atom is 0.278 e. The monoisotopic (exact) mass is 406 g/mol. The van der Waals surface area contributed by atoms with E-state index in [1.165, 1.54) is 28.4 Å². The molecule has 0 spiro atoms. The lowest BCUT2D eigenvalue weighted by Crippen LogP contribution is -2.32. The third-order valence-electron chi connectivity index (χ3n) is 4.83. The van der Waals surface area contributed by atoms with Crippen molar-refractivity contribution in [2.75, 3.05) is 5.32 Å². The second kappa shape index (κ2) is 7.64. The summed E-state index contributed by atoms with van der Waals surface area (Å²) in [4.78, 5) is 28.3. The Hall–Kier alpha value is -3.25. The van der Waals surface area contributed by atoms with Crippen molar-refractivity contribution in [3.8, 4) is 0 Å². The molecule has 0 saturated heterocycles. The first kappa shape index (κ1) is 19.1. The maximum atomic E-state index is 13.2. The Morgan fingerprint density at radius 3 is 2.41 bits per heavy atom. The van der Waals surface area contributed by atoms with E-state index in [0.717, 1.165) is 21.7 Å². The highest BCUT2D eigenvalue weighted by Crippen LogP contribution is 2.34. The summed E-state index contributed by atoms with van der Waals surface area (Å²) in [6.07, 6.45) is 0. The van der Waals surface area contributed by atoms with Gasteiger partial charge < -0.3 is 5.32 Å². The van der Waals surface area contributed by atoms with E-state index in [1.807, 2.05) is 49.6 Å². The number of nitrogens with zero attached hydrogens (tertiary/aromatic N) is 1. The van der Waals surface area contributed by atoms with E-state index in [2.05, 4.69) is 5.32 Å². The first-order valence-corrected chi connectivity index (χ1v) is 10.0. The smallest absolute Gasteiger partial charge is 0.278 e. The SMILES string of the molecule is Cc1ccc(NC2=C(c3cccs3)C(=O)N(Cc3ccc(F)cc3)C2=O)c(C)c1. The molecular weight excluding hydrogens is 387 g/mol. The summed E-state index contributed by atoms with van der Waals surface area (Å²) >= 11 is 1.41. The van der Waals surface area contributed by atoms with Gasteiger partial charge in [-0.15, -0.1) is 11.3 Å². The Morgan fingerprint density at radius 1 is 1.00 bits per heavy atom.